The van der Waals surface area contributed by atoms with Gasteiger partial charge in [-0.1, -0.05) is 36.4 Å². The van der Waals surface area contributed by atoms with Gasteiger partial charge in [-0.05, 0) is 61.1 Å². The number of nitrogens with two attached hydrogens (primary N) is 2. The van der Waals surface area contributed by atoms with Crippen LogP contribution in [0.4, 0.5) is 0 Å². The summed E-state index contributed by atoms with van der Waals surface area (Å²) in [6.07, 6.45) is 1.36. The van der Waals surface area contributed by atoms with Crippen LogP contribution in [0.3, 0.4) is 0 Å². The molecular formula is C34H40N6O4S2. The number of aromatic nitrogens is 2. The van der Waals surface area contributed by atoms with Crippen LogP contribution in [-0.2, 0) is 12.8 Å². The number of thiazole rings is 2. The minimum absolute atomic E-state index is 0.00832. The quantitative estimate of drug-likeness (QED) is 0.211. The number of rotatable bonds is 9. The van der Waals surface area contributed by atoms with Crippen molar-refractivity contribution in [2.24, 2.45) is 11.5 Å². The average molecular weight is 661 g/mol. The van der Waals surface area contributed by atoms with E-state index in [9.17, 15) is 19.8 Å². The van der Waals surface area contributed by atoms with Gasteiger partial charge < -0.3 is 21.7 Å². The van der Waals surface area contributed by atoms with E-state index in [1.54, 1.807) is 0 Å². The monoisotopic (exact) mass is 660 g/mol. The van der Waals surface area contributed by atoms with Crippen LogP contribution in [0.15, 0.2) is 36.4 Å². The van der Waals surface area contributed by atoms with E-state index in [1.807, 2.05) is 13.8 Å². The van der Waals surface area contributed by atoms with Crippen LogP contribution in [0, 0.1) is 13.8 Å². The number of carbonyl (C=O) groups is 2. The first-order valence-electron chi connectivity index (χ1n) is 15.6. The second kappa shape index (κ2) is 12.9. The number of aliphatic hydroxyl groups is 2. The molecule has 2 aliphatic rings. The lowest BCUT2D eigenvalue weighted by atomic mass is 9.85. The van der Waals surface area contributed by atoms with Crippen LogP contribution in [-0.4, -0.2) is 80.2 Å². The summed E-state index contributed by atoms with van der Waals surface area (Å²) in [6.45, 7) is 9.70. The van der Waals surface area contributed by atoms with Crippen molar-refractivity contribution >= 4 is 34.5 Å². The minimum atomic E-state index is -0.530. The number of hydrogen-bond acceptors (Lipinski definition) is 10. The Hall–Kier alpha value is -3.52. The van der Waals surface area contributed by atoms with Gasteiger partial charge in [0, 0.05) is 38.0 Å². The Labute approximate surface area is 276 Å². The van der Waals surface area contributed by atoms with Crippen molar-refractivity contribution < 1.29 is 19.8 Å². The van der Waals surface area contributed by atoms with Gasteiger partial charge in [0.25, 0.3) is 11.8 Å². The van der Waals surface area contributed by atoms with Crippen molar-refractivity contribution in [3.05, 3.63) is 89.8 Å². The minimum Gasteiger partial charge on any atom is -0.395 e. The summed E-state index contributed by atoms with van der Waals surface area (Å²) < 4.78 is 0. The molecule has 46 heavy (non-hydrogen) atoms. The van der Waals surface area contributed by atoms with Gasteiger partial charge in [-0.25, -0.2) is 9.97 Å². The number of fused-ring (bicyclic) bond motifs is 2. The third kappa shape index (κ3) is 5.56. The third-order valence-electron chi connectivity index (χ3n) is 9.54. The molecule has 0 bridgehead atoms. The molecule has 2 aromatic heterocycles. The second-order valence-electron chi connectivity index (χ2n) is 12.3. The molecule has 4 atom stereocenters. The third-order valence-corrected chi connectivity index (χ3v) is 11.9. The molecule has 2 amide bonds. The van der Waals surface area contributed by atoms with Gasteiger partial charge in [0.2, 0.25) is 0 Å². The topological polar surface area (TPSA) is 159 Å². The van der Waals surface area contributed by atoms with Crippen LogP contribution in [0.5, 0.6) is 0 Å². The standard InChI is InChI=1S/C34H40N6O4S2/c1-17(15-41)39-13-11-25-29(45-33(37-25)31(35)43)27(39)23-9-5-7-21(19(23)3)22-8-6-10-24(20(22)4)28-30-26(38-34(46-30)32(36)44)12-14-40(28)18(2)16-42/h5-10,17-18,27-28,41-42H,11-16H2,1-4H3,(H2,35,43)(H2,36,44). The molecule has 4 unspecified atom stereocenters. The highest BCUT2D eigenvalue weighted by Gasteiger charge is 2.38. The molecule has 242 valence electrons. The Morgan fingerprint density at radius 3 is 1.52 bits per heavy atom. The average Bonchev–Trinajstić information content (AvgIpc) is 3.69. The Balaban J connectivity index is 1.49. The van der Waals surface area contributed by atoms with Gasteiger partial charge in [-0.2, -0.15) is 0 Å². The van der Waals surface area contributed by atoms with Crippen LogP contribution in [0.25, 0.3) is 11.1 Å². The fourth-order valence-corrected chi connectivity index (χ4v) is 9.24. The van der Waals surface area contributed by atoms with Crippen LogP contribution in [0.1, 0.15) is 88.9 Å². The van der Waals surface area contributed by atoms with E-state index >= 15 is 0 Å². The summed E-state index contributed by atoms with van der Waals surface area (Å²) in [5, 5.41) is 21.0. The fraction of sp³-hybridized carbons (Fsp3) is 0.412. The summed E-state index contributed by atoms with van der Waals surface area (Å²) in [4.78, 5) is 40.0. The molecule has 0 radical (unpaired) electrons. The van der Waals surface area contributed by atoms with Gasteiger partial charge in [0.05, 0.1) is 46.4 Å². The molecule has 2 aliphatic heterocycles. The van der Waals surface area contributed by atoms with Gasteiger partial charge in [0.1, 0.15) is 0 Å². The van der Waals surface area contributed by atoms with E-state index < -0.39 is 11.8 Å². The Morgan fingerprint density at radius 2 is 1.17 bits per heavy atom. The van der Waals surface area contributed by atoms with Crippen LogP contribution in [0.2, 0.25) is 0 Å². The lowest BCUT2D eigenvalue weighted by Gasteiger charge is -2.40. The predicted molar refractivity (Wildman–Crippen MR) is 180 cm³/mol. The van der Waals surface area contributed by atoms with Gasteiger partial charge in [-0.15, -0.1) is 22.7 Å². The SMILES string of the molecule is Cc1c(-c2cccc(C3c4sc(C(N)=O)nc4CCN3C(C)CO)c2C)cccc1C1c2sc(C(N)=O)nc2CCN1C(C)CO. The van der Waals surface area contributed by atoms with Crippen molar-refractivity contribution in [1.29, 1.82) is 0 Å². The molecule has 0 fully saturated rings. The molecule has 6 N–H and O–H groups in total. The van der Waals surface area contributed by atoms with E-state index in [0.29, 0.717) is 35.9 Å². The number of nitrogens with zero attached hydrogens (tertiary/aromatic N) is 4. The first-order valence-corrected chi connectivity index (χ1v) is 17.2. The Bertz CT molecular complexity index is 1670. The summed E-state index contributed by atoms with van der Waals surface area (Å²) in [6, 6.07) is 12.1. The molecule has 12 heteroatoms. The van der Waals surface area contributed by atoms with Crippen molar-refractivity contribution in [2.75, 3.05) is 26.3 Å². The summed E-state index contributed by atoms with van der Waals surface area (Å²) in [5.74, 6) is -1.06. The molecule has 4 heterocycles. The lowest BCUT2D eigenvalue weighted by Crippen LogP contribution is -2.43. The number of aliphatic hydroxyl groups excluding tert-OH is 2. The maximum atomic E-state index is 12.1. The molecule has 4 aromatic rings. The molecule has 0 saturated heterocycles. The fourth-order valence-electron chi connectivity index (χ4n) is 7.04. The Morgan fingerprint density at radius 1 is 0.783 bits per heavy atom. The number of primary amides is 2. The maximum Gasteiger partial charge on any atom is 0.277 e. The van der Waals surface area contributed by atoms with E-state index in [1.165, 1.54) is 22.7 Å². The molecule has 0 spiro atoms. The maximum absolute atomic E-state index is 12.1. The molecule has 0 saturated carbocycles. The number of hydrogen-bond donors (Lipinski definition) is 4. The van der Waals surface area contributed by atoms with Crippen molar-refractivity contribution in [2.45, 2.75) is 64.7 Å². The summed E-state index contributed by atoms with van der Waals surface area (Å²) >= 11 is 2.69. The normalized spacial score (nSPS) is 19.8. The summed E-state index contributed by atoms with van der Waals surface area (Å²) in [7, 11) is 0. The molecular weight excluding hydrogens is 621 g/mol. The van der Waals surface area contributed by atoms with Gasteiger partial charge in [-0.3, -0.25) is 19.4 Å². The highest BCUT2D eigenvalue weighted by molar-refractivity contribution is 7.14. The van der Waals surface area contributed by atoms with E-state index in [2.05, 4.69) is 70.0 Å². The molecule has 0 aliphatic carbocycles. The largest absolute Gasteiger partial charge is 0.395 e. The van der Waals surface area contributed by atoms with E-state index in [-0.39, 0.29) is 37.4 Å². The summed E-state index contributed by atoms with van der Waals surface area (Å²) in [5.41, 5.74) is 19.6. The second-order valence-corrected chi connectivity index (χ2v) is 14.3. The van der Waals surface area contributed by atoms with Crippen LogP contribution >= 0.6 is 22.7 Å². The number of carbonyl (C=O) groups excluding carboxylic acids is 2. The Kier molecular flexibility index (Phi) is 9.12. The van der Waals surface area contributed by atoms with Crippen LogP contribution < -0.4 is 11.5 Å². The smallest absolute Gasteiger partial charge is 0.277 e. The lowest BCUT2D eigenvalue weighted by molar-refractivity contribution is 0.0989. The zero-order valence-electron chi connectivity index (χ0n) is 26.5. The highest BCUT2D eigenvalue weighted by atomic mass is 32.1. The van der Waals surface area contributed by atoms with Gasteiger partial charge in [0.15, 0.2) is 10.0 Å². The number of amides is 2. The highest BCUT2D eigenvalue weighted by Crippen LogP contribution is 2.45. The van der Waals surface area contributed by atoms with Crippen molar-refractivity contribution in [3.8, 4) is 11.1 Å². The molecule has 10 nitrogen and oxygen atoms in total. The predicted octanol–water partition coefficient (Wildman–Crippen LogP) is 3.74. The van der Waals surface area contributed by atoms with E-state index in [4.69, 9.17) is 11.5 Å². The van der Waals surface area contributed by atoms with Crippen molar-refractivity contribution in [1.82, 2.24) is 19.8 Å². The molecule has 6 rings (SSSR count). The zero-order valence-corrected chi connectivity index (χ0v) is 28.1. The molecule has 2 aromatic carbocycles. The van der Waals surface area contributed by atoms with Gasteiger partial charge >= 0.3 is 0 Å². The first-order chi connectivity index (χ1) is 22.0. The number of benzene rings is 2. The van der Waals surface area contributed by atoms with Crippen molar-refractivity contribution in [3.63, 3.8) is 0 Å². The first kappa shape index (κ1) is 32.4. The van der Waals surface area contributed by atoms with E-state index in [0.717, 1.165) is 54.5 Å². The zero-order chi connectivity index (χ0) is 32.9.